The molecule has 2 fully saturated rings. The Morgan fingerprint density at radius 1 is 1.11 bits per heavy atom. The quantitative estimate of drug-likeness (QED) is 0.482. The lowest BCUT2D eigenvalue weighted by molar-refractivity contribution is -0.139. The van der Waals surface area contributed by atoms with Gasteiger partial charge in [0.15, 0.2) is 11.5 Å². The smallest absolute Gasteiger partial charge is 0.294 e. The van der Waals surface area contributed by atoms with Crippen molar-refractivity contribution in [3.63, 3.8) is 0 Å². The molecule has 2 aromatic rings. The van der Waals surface area contributed by atoms with Gasteiger partial charge in [0.25, 0.3) is 11.1 Å². The Bertz CT molecular complexity index is 1180. The van der Waals surface area contributed by atoms with Gasteiger partial charge in [-0.15, -0.1) is 0 Å². The third-order valence-corrected chi connectivity index (χ3v) is 6.91. The molecule has 3 amide bonds. The maximum Gasteiger partial charge on any atom is 0.294 e. The topological polar surface area (TPSA) is 85.4 Å². The van der Waals surface area contributed by atoms with Crippen LogP contribution in [0.3, 0.4) is 0 Å². The molecule has 0 saturated carbocycles. The molecule has 2 aliphatic rings. The summed E-state index contributed by atoms with van der Waals surface area (Å²) in [7, 11) is 1.51. The third kappa shape index (κ3) is 6.10. The van der Waals surface area contributed by atoms with Gasteiger partial charge in [-0.3, -0.25) is 19.3 Å². The second-order valence-electron chi connectivity index (χ2n) is 7.70. The fourth-order valence-electron chi connectivity index (χ4n) is 3.52. The minimum Gasteiger partial charge on any atom is -0.493 e. The van der Waals surface area contributed by atoms with Crippen LogP contribution in [-0.4, -0.2) is 66.8 Å². The number of methoxy groups -OCH3 is 1. The summed E-state index contributed by atoms with van der Waals surface area (Å²) in [6.07, 6.45) is 1.59. The molecule has 11 heteroatoms. The van der Waals surface area contributed by atoms with Gasteiger partial charge in [0.1, 0.15) is 13.2 Å². The molecule has 2 aliphatic heterocycles. The van der Waals surface area contributed by atoms with Gasteiger partial charge in [-0.05, 0) is 47.7 Å². The Kier molecular flexibility index (Phi) is 8.22. The van der Waals surface area contributed by atoms with E-state index >= 15 is 0 Å². The number of rotatable bonds is 7. The molecule has 0 bridgehead atoms. The number of carbonyl (C=O) groups is 3. The van der Waals surface area contributed by atoms with Crippen LogP contribution in [0.15, 0.2) is 41.3 Å². The SMILES string of the molecule is COc1cc(/C=C2\SC(=O)N(CC(=O)N3CCOCC3)C2=O)ccc1OCc1ccc(Cl)cc1Cl. The lowest BCUT2D eigenvalue weighted by Gasteiger charge is -2.28. The van der Waals surface area contributed by atoms with Crippen molar-refractivity contribution in [2.45, 2.75) is 6.61 Å². The van der Waals surface area contributed by atoms with E-state index in [1.54, 1.807) is 47.4 Å². The molecule has 0 aliphatic carbocycles. The minimum absolute atomic E-state index is 0.210. The number of hydrogen-bond donors (Lipinski definition) is 0. The average molecular weight is 537 g/mol. The molecule has 8 nitrogen and oxygen atoms in total. The van der Waals surface area contributed by atoms with E-state index in [0.717, 1.165) is 22.2 Å². The predicted octanol–water partition coefficient (Wildman–Crippen LogP) is 4.48. The van der Waals surface area contributed by atoms with E-state index in [2.05, 4.69) is 0 Å². The van der Waals surface area contributed by atoms with Gasteiger partial charge >= 0.3 is 0 Å². The second-order valence-corrected chi connectivity index (χ2v) is 9.53. The van der Waals surface area contributed by atoms with E-state index in [0.29, 0.717) is 53.4 Å². The molecule has 2 aromatic carbocycles. The molecule has 0 unspecified atom stereocenters. The minimum atomic E-state index is -0.502. The summed E-state index contributed by atoms with van der Waals surface area (Å²) in [6.45, 7) is 1.71. The van der Waals surface area contributed by atoms with Gasteiger partial charge in [-0.25, -0.2) is 0 Å². The van der Waals surface area contributed by atoms with Crippen molar-refractivity contribution in [3.8, 4) is 11.5 Å². The van der Waals surface area contributed by atoms with Gasteiger partial charge in [-0.1, -0.05) is 35.3 Å². The van der Waals surface area contributed by atoms with E-state index in [1.807, 2.05) is 0 Å². The zero-order valence-corrected chi connectivity index (χ0v) is 21.1. The molecule has 0 N–H and O–H groups in total. The Hall–Kier alpha value is -2.72. The molecule has 0 spiro atoms. The number of ether oxygens (including phenoxy) is 3. The lowest BCUT2D eigenvalue weighted by atomic mass is 10.1. The first-order valence-corrected chi connectivity index (χ1v) is 12.3. The zero-order chi connectivity index (χ0) is 24.9. The van der Waals surface area contributed by atoms with E-state index < -0.39 is 11.1 Å². The number of benzene rings is 2. The van der Waals surface area contributed by atoms with Gasteiger partial charge < -0.3 is 19.1 Å². The van der Waals surface area contributed by atoms with Crippen LogP contribution >= 0.6 is 35.0 Å². The molecule has 0 radical (unpaired) electrons. The molecule has 2 heterocycles. The van der Waals surface area contributed by atoms with Crippen molar-refractivity contribution in [1.29, 1.82) is 0 Å². The summed E-state index contributed by atoms with van der Waals surface area (Å²) in [4.78, 5) is 40.5. The summed E-state index contributed by atoms with van der Waals surface area (Å²) in [5, 5.41) is 0.557. The second kappa shape index (κ2) is 11.3. The average Bonchev–Trinajstić information content (AvgIpc) is 3.11. The first-order valence-electron chi connectivity index (χ1n) is 10.7. The molecular weight excluding hydrogens is 515 g/mol. The van der Waals surface area contributed by atoms with Crippen molar-refractivity contribution >= 4 is 58.1 Å². The van der Waals surface area contributed by atoms with Crippen molar-refractivity contribution in [1.82, 2.24) is 9.80 Å². The van der Waals surface area contributed by atoms with E-state index in [9.17, 15) is 14.4 Å². The summed E-state index contributed by atoms with van der Waals surface area (Å²) < 4.78 is 16.5. The molecule has 184 valence electrons. The first-order chi connectivity index (χ1) is 16.9. The van der Waals surface area contributed by atoms with Crippen molar-refractivity contribution in [2.75, 3.05) is 40.0 Å². The highest BCUT2D eigenvalue weighted by Gasteiger charge is 2.37. The number of morpholine rings is 1. The van der Waals surface area contributed by atoms with Crippen molar-refractivity contribution < 1.29 is 28.6 Å². The van der Waals surface area contributed by atoms with Crippen LogP contribution in [0.5, 0.6) is 11.5 Å². The highest BCUT2D eigenvalue weighted by Crippen LogP contribution is 2.35. The summed E-state index contributed by atoms with van der Waals surface area (Å²) in [5.74, 6) is 0.157. The Morgan fingerprint density at radius 3 is 2.60 bits per heavy atom. The summed E-state index contributed by atoms with van der Waals surface area (Å²) in [5.41, 5.74) is 1.41. The first kappa shape index (κ1) is 25.4. The summed E-state index contributed by atoms with van der Waals surface area (Å²) >= 11 is 12.9. The maximum atomic E-state index is 12.8. The molecule has 0 aromatic heterocycles. The van der Waals surface area contributed by atoms with Gasteiger partial charge in [0, 0.05) is 28.7 Å². The number of amides is 3. The van der Waals surface area contributed by atoms with Crippen molar-refractivity contribution in [3.05, 3.63) is 62.5 Å². The fraction of sp³-hybridized carbons (Fsp3) is 0.292. The maximum absolute atomic E-state index is 12.8. The molecule has 0 atom stereocenters. The van der Waals surface area contributed by atoms with Crippen LogP contribution < -0.4 is 9.47 Å². The molecule has 2 saturated heterocycles. The van der Waals surface area contributed by atoms with E-state index in [4.69, 9.17) is 37.4 Å². The number of hydrogen-bond acceptors (Lipinski definition) is 7. The highest BCUT2D eigenvalue weighted by atomic mass is 35.5. The number of halogens is 2. The normalized spacial score (nSPS) is 17.3. The monoisotopic (exact) mass is 536 g/mol. The lowest BCUT2D eigenvalue weighted by Crippen LogP contribution is -2.46. The third-order valence-electron chi connectivity index (χ3n) is 5.41. The number of imide groups is 1. The number of thioether (sulfide) groups is 1. The van der Waals surface area contributed by atoms with Gasteiger partial charge in [0.05, 0.1) is 25.2 Å². The van der Waals surface area contributed by atoms with Crippen LogP contribution in [0.1, 0.15) is 11.1 Å². The Labute approximate surface area is 216 Å². The fourth-order valence-corrected chi connectivity index (χ4v) is 4.82. The Balaban J connectivity index is 1.44. The number of carbonyl (C=O) groups excluding carboxylic acids is 3. The van der Waals surface area contributed by atoms with Crippen LogP contribution in [-0.2, 0) is 20.9 Å². The largest absolute Gasteiger partial charge is 0.493 e. The standard InChI is InChI=1S/C24H22Cl2N2O6S/c1-32-20-10-15(2-5-19(20)34-14-16-3-4-17(25)12-18(16)26)11-21-23(30)28(24(31)35-21)13-22(29)27-6-8-33-9-7-27/h2-5,10-12H,6-9,13-14H2,1H3/b21-11-. The van der Waals surface area contributed by atoms with Crippen LogP contribution in [0, 0.1) is 0 Å². The molecule has 4 rings (SSSR count). The Morgan fingerprint density at radius 2 is 1.89 bits per heavy atom. The van der Waals surface area contributed by atoms with Crippen LogP contribution in [0.2, 0.25) is 10.0 Å². The van der Waals surface area contributed by atoms with Gasteiger partial charge in [-0.2, -0.15) is 0 Å². The molecular formula is C24H22Cl2N2O6S. The highest BCUT2D eigenvalue weighted by molar-refractivity contribution is 8.18. The van der Waals surface area contributed by atoms with Crippen LogP contribution in [0.4, 0.5) is 4.79 Å². The van der Waals surface area contributed by atoms with E-state index in [1.165, 1.54) is 7.11 Å². The van der Waals surface area contributed by atoms with E-state index in [-0.39, 0.29) is 24.0 Å². The predicted molar refractivity (Wildman–Crippen MR) is 134 cm³/mol. The molecule has 35 heavy (non-hydrogen) atoms. The summed E-state index contributed by atoms with van der Waals surface area (Å²) in [6, 6.07) is 10.3. The van der Waals surface area contributed by atoms with Crippen LogP contribution in [0.25, 0.3) is 6.08 Å². The zero-order valence-electron chi connectivity index (χ0n) is 18.8. The van der Waals surface area contributed by atoms with Gasteiger partial charge in [0.2, 0.25) is 5.91 Å². The van der Waals surface area contributed by atoms with Crippen molar-refractivity contribution in [2.24, 2.45) is 0 Å². The number of nitrogens with zero attached hydrogens (tertiary/aromatic N) is 2.